The van der Waals surface area contributed by atoms with E-state index in [9.17, 15) is 4.79 Å². The number of hydrogen-bond acceptors (Lipinski definition) is 3. The summed E-state index contributed by atoms with van der Waals surface area (Å²) in [5.41, 5.74) is 10.6. The van der Waals surface area contributed by atoms with E-state index in [2.05, 4.69) is 10.1 Å². The predicted molar refractivity (Wildman–Crippen MR) is 49.0 cm³/mol. The van der Waals surface area contributed by atoms with E-state index < -0.39 is 0 Å². The van der Waals surface area contributed by atoms with Gasteiger partial charge in [0.05, 0.1) is 6.54 Å². The van der Waals surface area contributed by atoms with Gasteiger partial charge in [0.15, 0.2) is 5.96 Å². The summed E-state index contributed by atoms with van der Waals surface area (Å²) in [5, 5.41) is 3.76. The lowest BCUT2D eigenvalue weighted by molar-refractivity contribution is 0.693. The maximum atomic E-state index is 11.3. The van der Waals surface area contributed by atoms with E-state index in [1.54, 1.807) is 13.1 Å². The molecular weight excluding hydrogens is 170 g/mol. The van der Waals surface area contributed by atoms with Crippen molar-refractivity contribution in [3.63, 3.8) is 0 Å². The van der Waals surface area contributed by atoms with Crippen LogP contribution >= 0.6 is 0 Å². The Labute approximate surface area is 74.9 Å². The van der Waals surface area contributed by atoms with E-state index in [4.69, 9.17) is 11.5 Å². The highest BCUT2D eigenvalue weighted by atomic mass is 16.1. The molecule has 1 heterocycles. The van der Waals surface area contributed by atoms with Crippen LogP contribution in [0.2, 0.25) is 0 Å². The summed E-state index contributed by atoms with van der Waals surface area (Å²) in [6.07, 6.45) is 1.53. The minimum absolute atomic E-state index is 0.0288. The zero-order valence-electron chi connectivity index (χ0n) is 7.27. The molecule has 0 atom stereocenters. The smallest absolute Gasteiger partial charge is 0.271 e. The zero-order chi connectivity index (χ0) is 9.84. The monoisotopic (exact) mass is 181 g/mol. The molecule has 1 aromatic heterocycles. The van der Waals surface area contributed by atoms with Crippen LogP contribution in [-0.4, -0.2) is 15.7 Å². The van der Waals surface area contributed by atoms with Crippen LogP contribution in [0, 0.1) is 0 Å². The Bertz CT molecular complexity index is 377. The summed E-state index contributed by atoms with van der Waals surface area (Å²) >= 11 is 0. The van der Waals surface area contributed by atoms with Gasteiger partial charge in [-0.1, -0.05) is 0 Å². The lowest BCUT2D eigenvalue weighted by Crippen LogP contribution is -2.25. The highest BCUT2D eigenvalue weighted by Crippen LogP contribution is 1.90. The molecule has 0 radical (unpaired) electrons. The van der Waals surface area contributed by atoms with Gasteiger partial charge in [-0.15, -0.1) is 0 Å². The molecule has 6 heteroatoms. The number of nitrogens with two attached hydrogens (primary N) is 2. The van der Waals surface area contributed by atoms with Crippen LogP contribution in [0.15, 0.2) is 22.1 Å². The summed E-state index contributed by atoms with van der Waals surface area (Å²) in [6, 6.07) is 1.59. The highest BCUT2D eigenvalue weighted by Gasteiger charge is 1.99. The van der Waals surface area contributed by atoms with Gasteiger partial charge >= 0.3 is 0 Å². The Kier molecular flexibility index (Phi) is 2.63. The number of rotatable bonds is 2. The third kappa shape index (κ3) is 2.29. The lowest BCUT2D eigenvalue weighted by atomic mass is 10.3. The van der Waals surface area contributed by atoms with E-state index in [0.29, 0.717) is 5.56 Å². The molecule has 13 heavy (non-hydrogen) atoms. The maximum absolute atomic E-state index is 11.3. The maximum Gasteiger partial charge on any atom is 0.271 e. The first-order valence-electron chi connectivity index (χ1n) is 3.68. The standard InChI is InChI=1S/C7H11N5O/c1-12-6(13)5(2-3-11-12)4-10-7(8)9/h2-3H,4H2,1H3,(H4,8,9,10). The summed E-state index contributed by atoms with van der Waals surface area (Å²) in [6.45, 7) is 0.192. The molecule has 0 saturated heterocycles. The number of nitrogens with zero attached hydrogens (tertiary/aromatic N) is 3. The zero-order valence-corrected chi connectivity index (χ0v) is 7.27. The van der Waals surface area contributed by atoms with E-state index in [1.165, 1.54) is 10.9 Å². The fourth-order valence-corrected chi connectivity index (χ4v) is 0.852. The number of aliphatic imine (C=N–C) groups is 1. The van der Waals surface area contributed by atoms with Crippen molar-refractivity contribution in [2.24, 2.45) is 23.5 Å². The van der Waals surface area contributed by atoms with Crippen LogP contribution in [0.25, 0.3) is 0 Å². The molecule has 0 bridgehead atoms. The molecule has 0 aliphatic rings. The first-order chi connectivity index (χ1) is 6.11. The van der Waals surface area contributed by atoms with Gasteiger partial charge in [-0.05, 0) is 6.07 Å². The van der Waals surface area contributed by atoms with Gasteiger partial charge in [0.2, 0.25) is 0 Å². The van der Waals surface area contributed by atoms with Gasteiger partial charge in [0, 0.05) is 18.8 Å². The molecule has 1 rings (SSSR count). The summed E-state index contributed by atoms with van der Waals surface area (Å²) in [4.78, 5) is 15.1. The van der Waals surface area contributed by atoms with Crippen molar-refractivity contribution < 1.29 is 0 Å². The van der Waals surface area contributed by atoms with Gasteiger partial charge < -0.3 is 11.5 Å². The van der Waals surface area contributed by atoms with Gasteiger partial charge in [-0.3, -0.25) is 4.79 Å². The molecule has 4 N–H and O–H groups in total. The molecule has 0 fully saturated rings. The molecule has 0 aliphatic carbocycles. The highest BCUT2D eigenvalue weighted by molar-refractivity contribution is 5.75. The van der Waals surface area contributed by atoms with Crippen LogP contribution in [-0.2, 0) is 13.6 Å². The average Bonchev–Trinajstić information content (AvgIpc) is 2.07. The van der Waals surface area contributed by atoms with Gasteiger partial charge in [0.25, 0.3) is 5.56 Å². The first kappa shape index (κ1) is 9.24. The van der Waals surface area contributed by atoms with Crippen LogP contribution in [0.3, 0.4) is 0 Å². The number of hydrogen-bond donors (Lipinski definition) is 2. The molecule has 70 valence electrons. The van der Waals surface area contributed by atoms with E-state index in [-0.39, 0.29) is 18.1 Å². The van der Waals surface area contributed by atoms with Crippen molar-refractivity contribution in [2.75, 3.05) is 0 Å². The quantitative estimate of drug-likeness (QED) is 0.431. The molecule has 0 aliphatic heterocycles. The Balaban J connectivity index is 2.97. The third-order valence-corrected chi connectivity index (χ3v) is 1.52. The molecule has 0 aromatic carbocycles. The summed E-state index contributed by atoms with van der Waals surface area (Å²) < 4.78 is 1.23. The SMILES string of the molecule is Cn1nccc(CN=C(N)N)c1=O. The van der Waals surface area contributed by atoms with Crippen LogP contribution in [0.1, 0.15) is 5.56 Å². The fraction of sp³-hybridized carbons (Fsp3) is 0.286. The molecule has 6 nitrogen and oxygen atoms in total. The first-order valence-corrected chi connectivity index (χ1v) is 3.68. The van der Waals surface area contributed by atoms with Gasteiger partial charge in [-0.2, -0.15) is 5.10 Å². The van der Waals surface area contributed by atoms with Crippen molar-refractivity contribution in [2.45, 2.75) is 6.54 Å². The molecule has 0 unspecified atom stereocenters. The lowest BCUT2D eigenvalue weighted by Gasteiger charge is -1.98. The predicted octanol–water partition coefficient (Wildman–Crippen LogP) is -1.45. The second kappa shape index (κ2) is 3.70. The minimum atomic E-state index is -0.187. The normalized spacial score (nSPS) is 9.62. The van der Waals surface area contributed by atoms with Crippen molar-refractivity contribution in [1.82, 2.24) is 9.78 Å². The Morgan fingerprint density at radius 3 is 3.00 bits per heavy atom. The van der Waals surface area contributed by atoms with Crippen LogP contribution < -0.4 is 17.0 Å². The molecule has 0 saturated carbocycles. The Morgan fingerprint density at radius 1 is 1.69 bits per heavy atom. The largest absolute Gasteiger partial charge is 0.370 e. The fourth-order valence-electron chi connectivity index (χ4n) is 0.852. The molecule has 0 spiro atoms. The van der Waals surface area contributed by atoms with Gasteiger partial charge in [-0.25, -0.2) is 9.67 Å². The van der Waals surface area contributed by atoms with Crippen molar-refractivity contribution in [1.29, 1.82) is 0 Å². The molecule has 1 aromatic rings. The van der Waals surface area contributed by atoms with Crippen LogP contribution in [0.5, 0.6) is 0 Å². The second-order valence-corrected chi connectivity index (χ2v) is 2.53. The summed E-state index contributed by atoms with van der Waals surface area (Å²) in [7, 11) is 1.57. The van der Waals surface area contributed by atoms with E-state index >= 15 is 0 Å². The summed E-state index contributed by atoms with van der Waals surface area (Å²) in [5.74, 6) is -0.0288. The van der Waals surface area contributed by atoms with Crippen molar-refractivity contribution in [3.8, 4) is 0 Å². The minimum Gasteiger partial charge on any atom is -0.370 e. The van der Waals surface area contributed by atoms with E-state index in [1.807, 2.05) is 0 Å². The van der Waals surface area contributed by atoms with Crippen molar-refractivity contribution >= 4 is 5.96 Å². The molecule has 0 amide bonds. The number of aryl methyl sites for hydroxylation is 1. The number of guanidine groups is 1. The number of aromatic nitrogens is 2. The average molecular weight is 181 g/mol. The van der Waals surface area contributed by atoms with Crippen molar-refractivity contribution in [3.05, 3.63) is 28.2 Å². The topological polar surface area (TPSA) is 99.3 Å². The van der Waals surface area contributed by atoms with Gasteiger partial charge in [0.1, 0.15) is 0 Å². The second-order valence-electron chi connectivity index (χ2n) is 2.53. The Hall–Kier alpha value is -1.85. The van der Waals surface area contributed by atoms with E-state index in [0.717, 1.165) is 0 Å². The Morgan fingerprint density at radius 2 is 2.38 bits per heavy atom. The molecular formula is C7H11N5O. The third-order valence-electron chi connectivity index (χ3n) is 1.52. The van der Waals surface area contributed by atoms with Crippen LogP contribution in [0.4, 0.5) is 0 Å².